The number of alkyl halides is 3. The van der Waals surface area contributed by atoms with E-state index in [2.05, 4.69) is 15.4 Å². The molecule has 1 amide bonds. The van der Waals surface area contributed by atoms with Crippen LogP contribution < -0.4 is 5.32 Å². The van der Waals surface area contributed by atoms with Gasteiger partial charge >= 0.3 is 6.18 Å². The topological polar surface area (TPSA) is 59.3 Å². The molecule has 142 valence electrons. The number of thiophene rings is 1. The van der Waals surface area contributed by atoms with Crippen molar-refractivity contribution in [3.05, 3.63) is 76.2 Å². The molecular weight excluding hydrogens is 389 g/mol. The molecule has 0 saturated carbocycles. The molecule has 1 N–H and O–H groups in total. The van der Waals surface area contributed by atoms with Crippen molar-refractivity contribution in [3.63, 3.8) is 0 Å². The number of fused-ring (bicyclic) bond motifs is 1. The van der Waals surface area contributed by atoms with E-state index in [1.165, 1.54) is 11.3 Å². The van der Waals surface area contributed by atoms with Crippen LogP contribution in [0.3, 0.4) is 0 Å². The Bertz CT molecular complexity index is 1120. The third-order valence-electron chi connectivity index (χ3n) is 4.08. The second-order valence-electron chi connectivity index (χ2n) is 5.95. The summed E-state index contributed by atoms with van der Waals surface area (Å²) in [6.45, 7) is 0.276. The summed E-state index contributed by atoms with van der Waals surface area (Å²) < 4.78 is 41.4. The van der Waals surface area contributed by atoms with Crippen LogP contribution in [0.1, 0.15) is 20.9 Å². The average molecular weight is 402 g/mol. The van der Waals surface area contributed by atoms with Crippen molar-refractivity contribution >= 4 is 22.9 Å². The van der Waals surface area contributed by atoms with Gasteiger partial charge in [0, 0.05) is 10.4 Å². The van der Waals surface area contributed by atoms with E-state index in [9.17, 15) is 18.0 Å². The van der Waals surface area contributed by atoms with Gasteiger partial charge in [-0.15, -0.1) is 11.3 Å². The number of benzene rings is 1. The number of carbonyl (C=O) groups excluding carboxylic acids is 1. The normalized spacial score (nSPS) is 11.7. The highest BCUT2D eigenvalue weighted by atomic mass is 32.1. The van der Waals surface area contributed by atoms with Crippen LogP contribution in [0.5, 0.6) is 0 Å². The smallest absolute Gasteiger partial charge is 0.347 e. The molecule has 0 atom stereocenters. The van der Waals surface area contributed by atoms with Gasteiger partial charge in [0.2, 0.25) is 0 Å². The molecule has 0 spiro atoms. The molecule has 4 aromatic rings. The highest BCUT2D eigenvalue weighted by Gasteiger charge is 2.36. The van der Waals surface area contributed by atoms with E-state index in [1.807, 2.05) is 17.5 Å². The van der Waals surface area contributed by atoms with Gasteiger partial charge in [0.15, 0.2) is 11.3 Å². The van der Waals surface area contributed by atoms with Gasteiger partial charge in [-0.3, -0.25) is 4.79 Å². The van der Waals surface area contributed by atoms with E-state index in [0.29, 0.717) is 10.1 Å². The molecule has 0 saturated heterocycles. The van der Waals surface area contributed by atoms with Crippen molar-refractivity contribution in [1.82, 2.24) is 19.9 Å². The number of hydrogen-bond acceptors (Lipinski definition) is 4. The summed E-state index contributed by atoms with van der Waals surface area (Å²) in [6, 6.07) is 13.1. The first-order chi connectivity index (χ1) is 13.4. The van der Waals surface area contributed by atoms with Crippen molar-refractivity contribution in [2.75, 3.05) is 0 Å². The molecule has 0 aliphatic rings. The number of carbonyl (C=O) groups is 1. The fourth-order valence-electron chi connectivity index (χ4n) is 2.76. The van der Waals surface area contributed by atoms with Gasteiger partial charge < -0.3 is 5.32 Å². The number of nitrogens with zero attached hydrogens (tertiary/aromatic N) is 3. The minimum absolute atomic E-state index is 0.0140. The van der Waals surface area contributed by atoms with Crippen LogP contribution >= 0.6 is 11.3 Å². The quantitative estimate of drug-likeness (QED) is 0.550. The molecule has 5 nitrogen and oxygen atoms in total. The third kappa shape index (κ3) is 3.48. The lowest BCUT2D eigenvalue weighted by Crippen LogP contribution is -2.22. The Kier molecular flexibility index (Phi) is 4.60. The Labute approximate surface area is 161 Å². The summed E-state index contributed by atoms with van der Waals surface area (Å²) in [5.41, 5.74) is -0.513. The Balaban J connectivity index is 1.79. The molecular formula is C19H13F3N4OS. The summed E-state index contributed by atoms with van der Waals surface area (Å²) >= 11 is 1.47. The molecule has 3 aromatic heterocycles. The number of nitrogens with one attached hydrogen (secondary N) is 1. The zero-order chi connectivity index (χ0) is 19.7. The van der Waals surface area contributed by atoms with Crippen LogP contribution in [-0.4, -0.2) is 20.5 Å². The molecule has 0 unspecified atom stereocenters. The molecule has 3 heterocycles. The maximum absolute atomic E-state index is 13.6. The zero-order valence-electron chi connectivity index (χ0n) is 14.3. The summed E-state index contributed by atoms with van der Waals surface area (Å²) in [6.07, 6.45) is -3.54. The maximum Gasteiger partial charge on any atom is 0.433 e. The highest BCUT2D eigenvalue weighted by molar-refractivity contribution is 7.09. The minimum atomic E-state index is -4.65. The number of aromatic nitrogens is 3. The molecule has 0 aliphatic heterocycles. The van der Waals surface area contributed by atoms with E-state index in [1.54, 1.807) is 30.3 Å². The molecule has 0 radical (unpaired) electrons. The van der Waals surface area contributed by atoms with Crippen molar-refractivity contribution in [2.24, 2.45) is 0 Å². The van der Waals surface area contributed by atoms with E-state index < -0.39 is 17.8 Å². The van der Waals surface area contributed by atoms with Crippen LogP contribution in [0.15, 0.2) is 60.1 Å². The summed E-state index contributed by atoms with van der Waals surface area (Å²) in [7, 11) is 0. The molecule has 0 fully saturated rings. The van der Waals surface area contributed by atoms with E-state index >= 15 is 0 Å². The number of rotatable bonds is 4. The number of amides is 1. The van der Waals surface area contributed by atoms with Crippen molar-refractivity contribution < 1.29 is 18.0 Å². The van der Waals surface area contributed by atoms with Crippen LogP contribution in [0, 0.1) is 0 Å². The Hall–Kier alpha value is -3.20. The van der Waals surface area contributed by atoms with Gasteiger partial charge in [0.25, 0.3) is 5.91 Å². The predicted octanol–water partition coefficient (Wildman–Crippen LogP) is 4.41. The monoisotopic (exact) mass is 402 g/mol. The van der Waals surface area contributed by atoms with Crippen LogP contribution in [0.4, 0.5) is 13.2 Å². The number of hydrogen-bond donors (Lipinski definition) is 1. The Morgan fingerprint density at radius 2 is 1.93 bits per heavy atom. The summed E-state index contributed by atoms with van der Waals surface area (Å²) in [5, 5.41) is 8.33. The largest absolute Gasteiger partial charge is 0.433 e. The Morgan fingerprint density at radius 1 is 1.14 bits per heavy atom. The van der Waals surface area contributed by atoms with Gasteiger partial charge in [-0.1, -0.05) is 36.4 Å². The summed E-state index contributed by atoms with van der Waals surface area (Å²) in [4.78, 5) is 17.8. The molecule has 28 heavy (non-hydrogen) atoms. The lowest BCUT2D eigenvalue weighted by atomic mass is 10.1. The standard InChI is InChI=1S/C19H13F3N4OS/c20-19(21,22)16-9-15(12-5-2-1-3-6-12)25-17-14(11-24-26(16)17)18(27)23-10-13-7-4-8-28-13/h1-9,11H,10H2,(H,23,27). The van der Waals surface area contributed by atoms with Crippen molar-refractivity contribution in [1.29, 1.82) is 0 Å². The minimum Gasteiger partial charge on any atom is -0.347 e. The number of halogens is 3. The van der Waals surface area contributed by atoms with Crippen LogP contribution in [0.2, 0.25) is 0 Å². The fourth-order valence-corrected chi connectivity index (χ4v) is 3.40. The van der Waals surface area contributed by atoms with E-state index in [0.717, 1.165) is 17.1 Å². The lowest BCUT2D eigenvalue weighted by molar-refractivity contribution is -0.142. The highest BCUT2D eigenvalue weighted by Crippen LogP contribution is 2.32. The zero-order valence-corrected chi connectivity index (χ0v) is 15.1. The first-order valence-electron chi connectivity index (χ1n) is 8.25. The van der Waals surface area contributed by atoms with E-state index in [4.69, 9.17) is 0 Å². The van der Waals surface area contributed by atoms with E-state index in [-0.39, 0.29) is 23.4 Å². The predicted molar refractivity (Wildman–Crippen MR) is 98.9 cm³/mol. The lowest BCUT2D eigenvalue weighted by Gasteiger charge is -2.11. The SMILES string of the molecule is O=C(NCc1cccs1)c1cnn2c(C(F)(F)F)cc(-c3ccccc3)nc12. The fraction of sp³-hybridized carbons (Fsp3) is 0.105. The second-order valence-corrected chi connectivity index (χ2v) is 6.98. The summed E-state index contributed by atoms with van der Waals surface area (Å²) in [5.74, 6) is -0.533. The van der Waals surface area contributed by atoms with Crippen LogP contribution in [-0.2, 0) is 12.7 Å². The second kappa shape index (κ2) is 7.08. The molecule has 4 rings (SSSR count). The van der Waals surface area contributed by atoms with Crippen molar-refractivity contribution in [3.8, 4) is 11.3 Å². The first kappa shape index (κ1) is 18.2. The van der Waals surface area contributed by atoms with Gasteiger partial charge in [0.1, 0.15) is 5.56 Å². The van der Waals surface area contributed by atoms with Gasteiger partial charge in [0.05, 0.1) is 18.4 Å². The third-order valence-corrected chi connectivity index (χ3v) is 4.96. The Morgan fingerprint density at radius 3 is 2.61 bits per heavy atom. The first-order valence-corrected chi connectivity index (χ1v) is 9.13. The van der Waals surface area contributed by atoms with Gasteiger partial charge in [-0.2, -0.15) is 18.3 Å². The maximum atomic E-state index is 13.6. The van der Waals surface area contributed by atoms with Crippen molar-refractivity contribution in [2.45, 2.75) is 12.7 Å². The average Bonchev–Trinajstić information content (AvgIpc) is 3.35. The van der Waals surface area contributed by atoms with Gasteiger partial charge in [-0.25, -0.2) is 9.50 Å². The van der Waals surface area contributed by atoms with Gasteiger partial charge in [-0.05, 0) is 17.5 Å². The molecule has 0 aliphatic carbocycles. The van der Waals surface area contributed by atoms with Crippen LogP contribution in [0.25, 0.3) is 16.9 Å². The molecule has 0 bridgehead atoms. The molecule has 1 aromatic carbocycles. The molecule has 9 heteroatoms.